The summed E-state index contributed by atoms with van der Waals surface area (Å²) in [5.41, 5.74) is 0.909. The maximum atomic E-state index is 12.1. The number of esters is 1. The Labute approximate surface area is 125 Å². The second-order valence-electron chi connectivity index (χ2n) is 5.06. The molecule has 0 bridgehead atoms. The van der Waals surface area contributed by atoms with E-state index < -0.39 is 0 Å². The molecule has 0 heterocycles. The van der Waals surface area contributed by atoms with Gasteiger partial charge in [-0.05, 0) is 24.1 Å². The van der Waals surface area contributed by atoms with Gasteiger partial charge in [0.1, 0.15) is 5.75 Å². The lowest BCUT2D eigenvalue weighted by molar-refractivity contribution is -0.145. The van der Waals surface area contributed by atoms with E-state index in [0.29, 0.717) is 19.4 Å². The van der Waals surface area contributed by atoms with Gasteiger partial charge in [-0.2, -0.15) is 0 Å². The zero-order valence-electron chi connectivity index (χ0n) is 13.1. The van der Waals surface area contributed by atoms with E-state index in [9.17, 15) is 9.59 Å². The maximum Gasteiger partial charge on any atom is 0.308 e. The predicted octanol–water partition coefficient (Wildman–Crippen LogP) is 1.90. The summed E-state index contributed by atoms with van der Waals surface area (Å²) in [5.74, 6) is 0.299. The van der Waals surface area contributed by atoms with Crippen LogP contribution in [0.15, 0.2) is 24.3 Å². The highest BCUT2D eigenvalue weighted by Gasteiger charge is 2.16. The van der Waals surface area contributed by atoms with Crippen LogP contribution in [0, 0.1) is 5.92 Å². The molecule has 5 nitrogen and oxygen atoms in total. The van der Waals surface area contributed by atoms with Crippen LogP contribution in [-0.2, 0) is 20.7 Å². The second kappa shape index (κ2) is 8.29. The fourth-order valence-corrected chi connectivity index (χ4v) is 1.92. The fourth-order valence-electron chi connectivity index (χ4n) is 1.92. The van der Waals surface area contributed by atoms with E-state index in [1.165, 1.54) is 7.11 Å². The second-order valence-corrected chi connectivity index (χ2v) is 5.06. The molecule has 1 atom stereocenters. The number of hydrogen-bond acceptors (Lipinski definition) is 4. The first-order valence-electron chi connectivity index (χ1n) is 6.92. The van der Waals surface area contributed by atoms with Crippen molar-refractivity contribution < 1.29 is 19.1 Å². The van der Waals surface area contributed by atoms with Gasteiger partial charge in [-0.25, -0.2) is 0 Å². The first kappa shape index (κ1) is 17.0. The minimum Gasteiger partial charge on any atom is -0.497 e. The van der Waals surface area contributed by atoms with Gasteiger partial charge >= 0.3 is 5.97 Å². The van der Waals surface area contributed by atoms with E-state index in [1.54, 1.807) is 26.0 Å². The smallest absolute Gasteiger partial charge is 0.308 e. The van der Waals surface area contributed by atoms with Crippen molar-refractivity contribution in [2.24, 2.45) is 5.92 Å². The van der Waals surface area contributed by atoms with Gasteiger partial charge < -0.3 is 14.4 Å². The number of carbonyl (C=O) groups excluding carboxylic acids is 2. The molecule has 1 amide bonds. The molecule has 116 valence electrons. The number of nitrogens with zero attached hydrogens (tertiary/aromatic N) is 1. The third kappa shape index (κ3) is 5.45. The van der Waals surface area contributed by atoms with Gasteiger partial charge in [0, 0.05) is 13.6 Å². The zero-order chi connectivity index (χ0) is 15.8. The third-order valence-corrected chi connectivity index (χ3v) is 3.42. The fraction of sp³-hybridized carbons (Fsp3) is 0.500. The lowest BCUT2D eigenvalue weighted by Gasteiger charge is -2.19. The molecule has 0 saturated carbocycles. The largest absolute Gasteiger partial charge is 0.497 e. The maximum absolute atomic E-state index is 12.1. The van der Waals surface area contributed by atoms with Crippen molar-refractivity contribution >= 4 is 11.9 Å². The Hall–Kier alpha value is -2.04. The third-order valence-electron chi connectivity index (χ3n) is 3.42. The summed E-state index contributed by atoms with van der Waals surface area (Å²) in [6.07, 6.45) is 0.910. The van der Waals surface area contributed by atoms with Gasteiger partial charge in [-0.15, -0.1) is 0 Å². The normalized spacial score (nSPS) is 11.6. The first-order valence-corrected chi connectivity index (χ1v) is 6.92. The van der Waals surface area contributed by atoms with Gasteiger partial charge in [-0.1, -0.05) is 19.1 Å². The number of amides is 1. The molecule has 0 saturated heterocycles. The molecule has 0 aliphatic heterocycles. The summed E-state index contributed by atoms with van der Waals surface area (Å²) in [6, 6.07) is 7.45. The van der Waals surface area contributed by atoms with E-state index >= 15 is 0 Å². The van der Waals surface area contributed by atoms with E-state index in [-0.39, 0.29) is 17.8 Å². The van der Waals surface area contributed by atoms with E-state index in [4.69, 9.17) is 4.74 Å². The Morgan fingerprint density at radius 3 is 2.62 bits per heavy atom. The number of likely N-dealkylation sites (N-methyl/N-ethyl adjacent to an activating group) is 1. The van der Waals surface area contributed by atoms with Crippen LogP contribution < -0.4 is 4.74 Å². The van der Waals surface area contributed by atoms with Crippen LogP contribution in [0.25, 0.3) is 0 Å². The summed E-state index contributed by atoms with van der Waals surface area (Å²) in [4.78, 5) is 25.1. The lowest BCUT2D eigenvalue weighted by Crippen LogP contribution is -2.31. The summed E-state index contributed by atoms with van der Waals surface area (Å²) in [5, 5.41) is 0. The standard InChI is InChI=1S/C16H23NO4/c1-12(16(19)21-4)8-9-17(2)15(18)11-13-6-5-7-14(10-13)20-3/h5-7,10,12H,8-9,11H2,1-4H3. The van der Waals surface area contributed by atoms with Gasteiger partial charge in [0.2, 0.25) is 5.91 Å². The average molecular weight is 293 g/mol. The highest BCUT2D eigenvalue weighted by molar-refractivity contribution is 5.78. The number of benzene rings is 1. The summed E-state index contributed by atoms with van der Waals surface area (Å²) in [7, 11) is 4.71. The topological polar surface area (TPSA) is 55.8 Å². The summed E-state index contributed by atoms with van der Waals surface area (Å²) < 4.78 is 9.81. The average Bonchev–Trinajstić information content (AvgIpc) is 2.51. The number of ether oxygens (including phenoxy) is 2. The Balaban J connectivity index is 2.49. The number of methoxy groups -OCH3 is 2. The van der Waals surface area contributed by atoms with E-state index in [2.05, 4.69) is 4.74 Å². The minimum atomic E-state index is -0.247. The quantitative estimate of drug-likeness (QED) is 0.720. The molecule has 0 radical (unpaired) electrons. The van der Waals surface area contributed by atoms with E-state index in [0.717, 1.165) is 11.3 Å². The van der Waals surface area contributed by atoms with Crippen LogP contribution in [0.4, 0.5) is 0 Å². The molecule has 1 aromatic rings. The monoisotopic (exact) mass is 293 g/mol. The van der Waals surface area contributed by atoms with Crippen LogP contribution in [0.1, 0.15) is 18.9 Å². The first-order chi connectivity index (χ1) is 9.97. The molecule has 0 aromatic heterocycles. The van der Waals surface area contributed by atoms with Crippen LogP contribution >= 0.6 is 0 Å². The molecule has 5 heteroatoms. The SMILES string of the molecule is COC(=O)C(C)CCN(C)C(=O)Cc1cccc(OC)c1. The zero-order valence-corrected chi connectivity index (χ0v) is 13.1. The highest BCUT2D eigenvalue weighted by Crippen LogP contribution is 2.14. The van der Waals surface area contributed by atoms with Crippen molar-refractivity contribution in [1.82, 2.24) is 4.90 Å². The molecular weight excluding hydrogens is 270 g/mol. The van der Waals surface area contributed by atoms with Crippen LogP contribution in [0.3, 0.4) is 0 Å². The van der Waals surface area contributed by atoms with Crippen molar-refractivity contribution in [3.63, 3.8) is 0 Å². The predicted molar refractivity (Wildman–Crippen MR) is 80.1 cm³/mol. The Morgan fingerprint density at radius 2 is 2.00 bits per heavy atom. The molecule has 1 aromatic carbocycles. The molecular formula is C16H23NO4. The van der Waals surface area contributed by atoms with E-state index in [1.807, 2.05) is 24.3 Å². The van der Waals surface area contributed by atoms with Crippen molar-refractivity contribution in [2.45, 2.75) is 19.8 Å². The van der Waals surface area contributed by atoms with Crippen LogP contribution in [0.2, 0.25) is 0 Å². The summed E-state index contributed by atoms with van der Waals surface area (Å²) in [6.45, 7) is 2.32. The van der Waals surface area contributed by atoms with Gasteiger partial charge in [0.25, 0.3) is 0 Å². The Kier molecular flexibility index (Phi) is 6.72. The Bertz CT molecular complexity index is 487. The Morgan fingerprint density at radius 1 is 1.29 bits per heavy atom. The highest BCUT2D eigenvalue weighted by atomic mass is 16.5. The van der Waals surface area contributed by atoms with Crippen molar-refractivity contribution in [3.05, 3.63) is 29.8 Å². The summed E-state index contributed by atoms with van der Waals surface area (Å²) >= 11 is 0. The van der Waals surface area contributed by atoms with Crippen molar-refractivity contribution in [1.29, 1.82) is 0 Å². The number of carbonyl (C=O) groups is 2. The molecule has 0 aliphatic rings. The molecule has 1 unspecified atom stereocenters. The molecule has 0 N–H and O–H groups in total. The molecule has 0 aliphatic carbocycles. The molecule has 1 rings (SSSR count). The molecule has 0 fully saturated rings. The van der Waals surface area contributed by atoms with Gasteiger partial charge in [-0.3, -0.25) is 9.59 Å². The van der Waals surface area contributed by atoms with Gasteiger partial charge in [0.05, 0.1) is 26.6 Å². The van der Waals surface area contributed by atoms with Crippen LogP contribution in [0.5, 0.6) is 5.75 Å². The van der Waals surface area contributed by atoms with Crippen molar-refractivity contribution in [3.8, 4) is 5.75 Å². The molecule has 0 spiro atoms. The number of hydrogen-bond donors (Lipinski definition) is 0. The molecule has 21 heavy (non-hydrogen) atoms. The van der Waals surface area contributed by atoms with Gasteiger partial charge in [0.15, 0.2) is 0 Å². The van der Waals surface area contributed by atoms with Crippen LogP contribution in [-0.4, -0.2) is 44.6 Å². The lowest BCUT2D eigenvalue weighted by atomic mass is 10.1. The number of rotatable bonds is 7. The van der Waals surface area contributed by atoms with Crippen molar-refractivity contribution in [2.75, 3.05) is 27.8 Å². The minimum absolute atomic E-state index is 0.0142.